The van der Waals surface area contributed by atoms with Crippen molar-refractivity contribution in [2.45, 2.75) is 6.61 Å². The van der Waals surface area contributed by atoms with Crippen LogP contribution in [0.1, 0.15) is 15.9 Å². The van der Waals surface area contributed by atoms with Crippen molar-refractivity contribution in [2.75, 3.05) is 12.4 Å². The number of aromatic nitrogens is 2. The van der Waals surface area contributed by atoms with E-state index in [2.05, 4.69) is 15.5 Å². The lowest BCUT2D eigenvalue weighted by Crippen LogP contribution is -2.12. The third-order valence-corrected chi connectivity index (χ3v) is 4.41. The summed E-state index contributed by atoms with van der Waals surface area (Å²) in [6, 6.07) is 18.4. The zero-order valence-corrected chi connectivity index (χ0v) is 15.6. The minimum absolute atomic E-state index is 0.341. The van der Waals surface area contributed by atoms with Gasteiger partial charge in [-0.2, -0.15) is 5.10 Å². The Hall–Kier alpha value is -3.87. The SMILES string of the molecule is COc1cccc(COc2ccc3[nH]nc(NC(=O)c4ccc(F)cc4)c3c2)c1. The van der Waals surface area contributed by atoms with Crippen molar-refractivity contribution in [3.05, 3.63) is 83.7 Å². The summed E-state index contributed by atoms with van der Waals surface area (Å²) in [5.74, 6) is 1.01. The summed E-state index contributed by atoms with van der Waals surface area (Å²) < 4.78 is 24.1. The van der Waals surface area contributed by atoms with Gasteiger partial charge >= 0.3 is 0 Å². The summed E-state index contributed by atoms with van der Waals surface area (Å²) >= 11 is 0. The summed E-state index contributed by atoms with van der Waals surface area (Å²) in [7, 11) is 1.62. The monoisotopic (exact) mass is 391 g/mol. The molecule has 29 heavy (non-hydrogen) atoms. The molecule has 0 radical (unpaired) electrons. The van der Waals surface area contributed by atoms with Gasteiger partial charge in [-0.3, -0.25) is 9.89 Å². The maximum Gasteiger partial charge on any atom is 0.256 e. The van der Waals surface area contributed by atoms with Gasteiger partial charge in [-0.05, 0) is 60.2 Å². The molecule has 1 aromatic heterocycles. The second-order valence-corrected chi connectivity index (χ2v) is 6.38. The van der Waals surface area contributed by atoms with E-state index in [-0.39, 0.29) is 5.91 Å². The van der Waals surface area contributed by atoms with Crippen LogP contribution in [0.25, 0.3) is 10.9 Å². The van der Waals surface area contributed by atoms with E-state index in [0.29, 0.717) is 29.1 Å². The lowest BCUT2D eigenvalue weighted by Gasteiger charge is -2.08. The number of nitrogens with one attached hydrogen (secondary N) is 2. The number of H-pyrrole nitrogens is 1. The highest BCUT2D eigenvalue weighted by Gasteiger charge is 2.12. The maximum absolute atomic E-state index is 13.0. The summed E-state index contributed by atoms with van der Waals surface area (Å²) in [5.41, 5.74) is 2.07. The number of benzene rings is 3. The van der Waals surface area contributed by atoms with Gasteiger partial charge < -0.3 is 14.8 Å². The average molecular weight is 391 g/mol. The summed E-state index contributed by atoms with van der Waals surface area (Å²) in [6.07, 6.45) is 0. The quantitative estimate of drug-likeness (QED) is 0.506. The highest BCUT2D eigenvalue weighted by Crippen LogP contribution is 2.26. The van der Waals surface area contributed by atoms with Gasteiger partial charge in [0.2, 0.25) is 0 Å². The Morgan fingerprint density at radius 3 is 2.69 bits per heavy atom. The zero-order valence-electron chi connectivity index (χ0n) is 15.6. The van der Waals surface area contributed by atoms with Gasteiger partial charge in [0.25, 0.3) is 5.91 Å². The fraction of sp³-hybridized carbons (Fsp3) is 0.0909. The minimum atomic E-state index is -0.399. The molecule has 0 aliphatic heterocycles. The van der Waals surface area contributed by atoms with Gasteiger partial charge in [0.15, 0.2) is 5.82 Å². The van der Waals surface area contributed by atoms with Crippen LogP contribution < -0.4 is 14.8 Å². The number of ether oxygens (including phenoxy) is 2. The van der Waals surface area contributed by atoms with E-state index >= 15 is 0 Å². The van der Waals surface area contributed by atoms with Gasteiger partial charge in [-0.15, -0.1) is 0 Å². The van der Waals surface area contributed by atoms with Crippen molar-refractivity contribution in [2.24, 2.45) is 0 Å². The van der Waals surface area contributed by atoms with Crippen molar-refractivity contribution in [1.29, 1.82) is 0 Å². The Labute approximate surface area is 166 Å². The van der Waals surface area contributed by atoms with Gasteiger partial charge in [-0.1, -0.05) is 12.1 Å². The summed E-state index contributed by atoms with van der Waals surface area (Å²) in [5, 5.41) is 10.5. The second kappa shape index (κ2) is 8.02. The Morgan fingerprint density at radius 2 is 1.90 bits per heavy atom. The lowest BCUT2D eigenvalue weighted by atomic mass is 10.2. The van der Waals surface area contributed by atoms with Crippen LogP contribution in [0, 0.1) is 5.82 Å². The van der Waals surface area contributed by atoms with Crippen molar-refractivity contribution in [1.82, 2.24) is 10.2 Å². The summed E-state index contributed by atoms with van der Waals surface area (Å²) in [4.78, 5) is 12.4. The Bertz CT molecular complexity index is 1160. The smallest absolute Gasteiger partial charge is 0.256 e. The number of carbonyl (C=O) groups is 1. The number of fused-ring (bicyclic) bond motifs is 1. The number of methoxy groups -OCH3 is 1. The number of hydrogen-bond donors (Lipinski definition) is 2. The number of amides is 1. The lowest BCUT2D eigenvalue weighted by molar-refractivity contribution is 0.102. The molecule has 0 saturated heterocycles. The normalized spacial score (nSPS) is 10.7. The third kappa shape index (κ3) is 4.19. The Kier molecular flexibility index (Phi) is 5.11. The Morgan fingerprint density at radius 1 is 1.07 bits per heavy atom. The Balaban J connectivity index is 1.51. The first kappa shape index (κ1) is 18.5. The first-order valence-corrected chi connectivity index (χ1v) is 8.93. The van der Waals surface area contributed by atoms with Crippen molar-refractivity contribution in [3.63, 3.8) is 0 Å². The maximum atomic E-state index is 13.0. The van der Waals surface area contributed by atoms with Crippen LogP contribution in [0.3, 0.4) is 0 Å². The number of rotatable bonds is 6. The predicted octanol–water partition coefficient (Wildman–Crippen LogP) is 4.54. The fourth-order valence-electron chi connectivity index (χ4n) is 2.89. The largest absolute Gasteiger partial charge is 0.497 e. The molecule has 1 amide bonds. The molecule has 0 fully saturated rings. The first-order valence-electron chi connectivity index (χ1n) is 8.93. The number of anilines is 1. The molecule has 0 atom stereocenters. The van der Waals surface area contributed by atoms with Gasteiger partial charge in [0.1, 0.15) is 23.9 Å². The van der Waals surface area contributed by atoms with Crippen molar-refractivity contribution >= 4 is 22.6 Å². The van der Waals surface area contributed by atoms with Crippen LogP contribution in [0.15, 0.2) is 66.7 Å². The van der Waals surface area contributed by atoms with Crippen molar-refractivity contribution < 1.29 is 18.7 Å². The van der Waals surface area contributed by atoms with Crippen LogP contribution >= 0.6 is 0 Å². The zero-order chi connectivity index (χ0) is 20.2. The molecule has 7 heteroatoms. The van der Waals surface area contributed by atoms with Crippen LogP contribution in [0.5, 0.6) is 11.5 Å². The van der Waals surface area contributed by atoms with Crippen LogP contribution in [0.2, 0.25) is 0 Å². The van der Waals surface area contributed by atoms with E-state index in [0.717, 1.165) is 16.8 Å². The molecule has 1 heterocycles. The third-order valence-electron chi connectivity index (χ3n) is 4.41. The molecule has 4 aromatic rings. The number of halogens is 1. The van der Waals surface area contributed by atoms with E-state index in [1.807, 2.05) is 36.4 Å². The molecule has 0 spiro atoms. The molecule has 0 aliphatic carbocycles. The van der Waals surface area contributed by atoms with Crippen LogP contribution in [0.4, 0.5) is 10.2 Å². The number of carbonyl (C=O) groups excluding carboxylic acids is 1. The van der Waals surface area contributed by atoms with E-state index in [1.165, 1.54) is 24.3 Å². The highest BCUT2D eigenvalue weighted by atomic mass is 19.1. The number of hydrogen-bond acceptors (Lipinski definition) is 4. The molecule has 0 bridgehead atoms. The highest BCUT2D eigenvalue weighted by molar-refractivity contribution is 6.07. The molecule has 4 rings (SSSR count). The standard InChI is InChI=1S/C22H18FN3O3/c1-28-17-4-2-3-14(11-17)13-29-18-9-10-20-19(12-18)21(26-25-20)24-22(27)15-5-7-16(23)8-6-15/h2-12H,13H2,1H3,(H2,24,25,26,27). The van der Waals surface area contributed by atoms with E-state index in [4.69, 9.17) is 9.47 Å². The molecule has 3 aromatic carbocycles. The second-order valence-electron chi connectivity index (χ2n) is 6.38. The molecule has 0 saturated carbocycles. The van der Waals surface area contributed by atoms with Crippen LogP contribution in [-0.2, 0) is 6.61 Å². The van der Waals surface area contributed by atoms with Gasteiger partial charge in [0.05, 0.1) is 12.6 Å². The summed E-state index contributed by atoms with van der Waals surface area (Å²) in [6.45, 7) is 0.373. The number of aromatic amines is 1. The average Bonchev–Trinajstić information content (AvgIpc) is 3.15. The minimum Gasteiger partial charge on any atom is -0.497 e. The molecular weight excluding hydrogens is 373 g/mol. The number of nitrogens with zero attached hydrogens (tertiary/aromatic N) is 1. The van der Waals surface area contributed by atoms with E-state index in [1.54, 1.807) is 13.2 Å². The predicted molar refractivity (Wildman–Crippen MR) is 108 cm³/mol. The molecule has 6 nitrogen and oxygen atoms in total. The van der Waals surface area contributed by atoms with Crippen LogP contribution in [-0.4, -0.2) is 23.2 Å². The van der Waals surface area contributed by atoms with E-state index in [9.17, 15) is 9.18 Å². The molecule has 146 valence electrons. The molecule has 0 unspecified atom stereocenters. The fourth-order valence-corrected chi connectivity index (χ4v) is 2.89. The van der Waals surface area contributed by atoms with E-state index < -0.39 is 5.82 Å². The van der Waals surface area contributed by atoms with Crippen molar-refractivity contribution in [3.8, 4) is 11.5 Å². The van der Waals surface area contributed by atoms with Gasteiger partial charge in [-0.25, -0.2) is 4.39 Å². The first-order chi connectivity index (χ1) is 14.1. The topological polar surface area (TPSA) is 76.2 Å². The molecule has 0 aliphatic rings. The van der Waals surface area contributed by atoms with Gasteiger partial charge in [0, 0.05) is 10.9 Å². The molecular formula is C22H18FN3O3. The molecule has 2 N–H and O–H groups in total.